The zero-order chi connectivity index (χ0) is 22.0. The van der Waals surface area contributed by atoms with E-state index in [1.54, 1.807) is 26.8 Å². The van der Waals surface area contributed by atoms with Crippen LogP contribution < -0.4 is 0 Å². The molecule has 1 amide bonds. The van der Waals surface area contributed by atoms with E-state index in [0.717, 1.165) is 6.07 Å². The highest BCUT2D eigenvalue weighted by Crippen LogP contribution is 2.38. The molecule has 0 radical (unpaired) electrons. The molecule has 3 rings (SSSR count). The molecule has 0 spiro atoms. The lowest BCUT2D eigenvalue weighted by Crippen LogP contribution is -2.38. The van der Waals surface area contributed by atoms with E-state index < -0.39 is 35.4 Å². The third-order valence-electron chi connectivity index (χ3n) is 5.00. The van der Waals surface area contributed by atoms with Gasteiger partial charge in [-0.3, -0.25) is 4.79 Å². The molecule has 158 valence electrons. The Balaban J connectivity index is 2.07. The van der Waals surface area contributed by atoms with Gasteiger partial charge in [0.05, 0.1) is 18.2 Å². The van der Waals surface area contributed by atoms with Crippen molar-refractivity contribution < 1.29 is 27.5 Å². The minimum atomic E-state index is -1.04. The molecule has 1 aliphatic rings. The van der Waals surface area contributed by atoms with E-state index in [0.29, 0.717) is 5.56 Å². The number of hydrogen-bond donors (Lipinski definition) is 0. The number of benzene rings is 2. The minimum Gasteiger partial charge on any atom is -0.460 e. The maximum Gasteiger partial charge on any atom is 0.336 e. The zero-order valence-corrected chi connectivity index (χ0v) is 16.9. The van der Waals surface area contributed by atoms with E-state index in [4.69, 9.17) is 4.74 Å². The van der Waals surface area contributed by atoms with Gasteiger partial charge in [0.2, 0.25) is 5.91 Å². The highest BCUT2D eigenvalue weighted by Gasteiger charge is 2.37. The van der Waals surface area contributed by atoms with Gasteiger partial charge >= 0.3 is 5.97 Å². The Morgan fingerprint density at radius 1 is 1.17 bits per heavy atom. The second kappa shape index (κ2) is 8.73. The fourth-order valence-electron chi connectivity index (χ4n) is 3.59. The molecular formula is C23H22F3NO3. The maximum atomic E-state index is 14.2. The number of hydrogen-bond acceptors (Lipinski definition) is 3. The van der Waals surface area contributed by atoms with Crippen LogP contribution in [0.3, 0.4) is 0 Å². The summed E-state index contributed by atoms with van der Waals surface area (Å²) >= 11 is 0. The molecule has 30 heavy (non-hydrogen) atoms. The molecule has 0 N–H and O–H groups in total. The highest BCUT2D eigenvalue weighted by atomic mass is 19.2. The lowest BCUT2D eigenvalue weighted by molar-refractivity contribution is -0.143. The number of carbonyl (C=O) groups excluding carboxylic acids is 2. The smallest absolute Gasteiger partial charge is 0.336 e. The summed E-state index contributed by atoms with van der Waals surface area (Å²) in [5, 5.41) is 0. The van der Waals surface area contributed by atoms with Gasteiger partial charge in [-0.1, -0.05) is 24.3 Å². The second-order valence-corrected chi connectivity index (χ2v) is 7.46. The van der Waals surface area contributed by atoms with Gasteiger partial charge in [0.1, 0.15) is 5.82 Å². The average Bonchev–Trinajstić information content (AvgIpc) is 2.67. The molecule has 0 aliphatic carbocycles. The predicted octanol–water partition coefficient (Wildman–Crippen LogP) is 4.85. The predicted molar refractivity (Wildman–Crippen MR) is 105 cm³/mol. The summed E-state index contributed by atoms with van der Waals surface area (Å²) < 4.78 is 46.9. The summed E-state index contributed by atoms with van der Waals surface area (Å²) in [5.41, 5.74) is 0.930. The molecule has 1 aliphatic heterocycles. The van der Waals surface area contributed by atoms with Gasteiger partial charge in [-0.05, 0) is 44.5 Å². The number of ether oxygens (including phenoxy) is 1. The first kappa shape index (κ1) is 21.6. The maximum absolute atomic E-state index is 14.2. The van der Waals surface area contributed by atoms with Crippen LogP contribution in [-0.4, -0.2) is 22.9 Å². The van der Waals surface area contributed by atoms with Crippen LogP contribution >= 0.6 is 0 Å². The highest BCUT2D eigenvalue weighted by molar-refractivity contribution is 5.96. The zero-order valence-electron chi connectivity index (χ0n) is 16.9. The first-order valence-electron chi connectivity index (χ1n) is 9.59. The van der Waals surface area contributed by atoms with Crippen LogP contribution in [-0.2, 0) is 20.9 Å². The van der Waals surface area contributed by atoms with Crippen LogP contribution in [0.25, 0.3) is 0 Å². The Bertz CT molecular complexity index is 1020. The summed E-state index contributed by atoms with van der Waals surface area (Å²) in [4.78, 5) is 27.0. The largest absolute Gasteiger partial charge is 0.460 e. The van der Waals surface area contributed by atoms with Crippen molar-refractivity contribution in [1.29, 1.82) is 0 Å². The van der Waals surface area contributed by atoms with Crippen LogP contribution in [0.5, 0.6) is 0 Å². The fourth-order valence-corrected chi connectivity index (χ4v) is 3.59. The van der Waals surface area contributed by atoms with Crippen LogP contribution in [0.1, 0.15) is 44.2 Å². The van der Waals surface area contributed by atoms with Crippen molar-refractivity contribution in [2.75, 3.05) is 0 Å². The standard InChI is InChI=1S/C23H22F3NO3/c1-13(2)30-23(29)21-14(3)27(12-16-7-5-9-19(25)22(16)26)20(28)11-18(21)15-6-4-8-17(24)10-15/h4-10,13,18H,11-12H2,1-3H3. The summed E-state index contributed by atoms with van der Waals surface area (Å²) in [6.45, 7) is 4.71. The van der Waals surface area contributed by atoms with Crippen LogP contribution in [0.2, 0.25) is 0 Å². The number of esters is 1. The van der Waals surface area contributed by atoms with Crippen molar-refractivity contribution in [3.05, 3.63) is 82.3 Å². The Morgan fingerprint density at radius 2 is 1.87 bits per heavy atom. The normalized spacial score (nSPS) is 17.0. The summed E-state index contributed by atoms with van der Waals surface area (Å²) in [5.74, 6) is -4.26. The third kappa shape index (κ3) is 4.40. The number of carbonyl (C=O) groups is 2. The van der Waals surface area contributed by atoms with E-state index in [1.165, 1.54) is 35.2 Å². The van der Waals surface area contributed by atoms with Crippen molar-refractivity contribution in [1.82, 2.24) is 4.90 Å². The van der Waals surface area contributed by atoms with Crippen LogP contribution in [0.15, 0.2) is 53.7 Å². The molecule has 4 nitrogen and oxygen atoms in total. The Labute approximate surface area is 173 Å². The molecule has 1 unspecified atom stereocenters. The van der Waals surface area contributed by atoms with E-state index in [2.05, 4.69) is 0 Å². The van der Waals surface area contributed by atoms with Gasteiger partial charge in [-0.2, -0.15) is 0 Å². The van der Waals surface area contributed by atoms with Crippen molar-refractivity contribution in [3.8, 4) is 0 Å². The Morgan fingerprint density at radius 3 is 2.53 bits per heavy atom. The van der Waals surface area contributed by atoms with E-state index in [9.17, 15) is 22.8 Å². The first-order chi connectivity index (χ1) is 14.2. The molecule has 0 saturated heterocycles. The SMILES string of the molecule is CC1=C(C(=O)OC(C)C)C(c2cccc(F)c2)CC(=O)N1Cc1cccc(F)c1F. The van der Waals surface area contributed by atoms with Crippen molar-refractivity contribution in [2.24, 2.45) is 0 Å². The van der Waals surface area contributed by atoms with Gasteiger partial charge in [-0.15, -0.1) is 0 Å². The topological polar surface area (TPSA) is 46.6 Å². The Kier molecular flexibility index (Phi) is 6.29. The molecule has 2 aromatic carbocycles. The molecular weight excluding hydrogens is 395 g/mol. The number of rotatable bonds is 5. The lowest BCUT2D eigenvalue weighted by Gasteiger charge is -2.35. The van der Waals surface area contributed by atoms with Crippen molar-refractivity contribution in [3.63, 3.8) is 0 Å². The molecule has 1 atom stereocenters. The second-order valence-electron chi connectivity index (χ2n) is 7.46. The van der Waals surface area contributed by atoms with Crippen LogP contribution in [0.4, 0.5) is 13.2 Å². The quantitative estimate of drug-likeness (QED) is 0.654. The molecule has 7 heteroatoms. The average molecular weight is 417 g/mol. The monoisotopic (exact) mass is 417 g/mol. The molecule has 0 aromatic heterocycles. The van der Waals surface area contributed by atoms with Gasteiger partial charge in [0.15, 0.2) is 11.6 Å². The third-order valence-corrected chi connectivity index (χ3v) is 5.00. The molecule has 1 heterocycles. The first-order valence-corrected chi connectivity index (χ1v) is 9.59. The molecule has 0 saturated carbocycles. The number of halogens is 3. The summed E-state index contributed by atoms with van der Waals surface area (Å²) in [6, 6.07) is 9.41. The van der Waals surface area contributed by atoms with Crippen molar-refractivity contribution >= 4 is 11.9 Å². The van der Waals surface area contributed by atoms with E-state index in [-0.39, 0.29) is 35.7 Å². The lowest BCUT2D eigenvalue weighted by atomic mass is 9.83. The van der Waals surface area contributed by atoms with Gasteiger partial charge < -0.3 is 9.64 Å². The van der Waals surface area contributed by atoms with Crippen molar-refractivity contribution in [2.45, 2.75) is 45.8 Å². The molecule has 0 fully saturated rings. The van der Waals surface area contributed by atoms with E-state index in [1.807, 2.05) is 0 Å². The number of amides is 1. The summed E-state index contributed by atoms with van der Waals surface area (Å²) in [7, 11) is 0. The van der Waals surface area contributed by atoms with Gasteiger partial charge in [0.25, 0.3) is 0 Å². The minimum absolute atomic E-state index is 0.0107. The van der Waals surface area contributed by atoms with E-state index >= 15 is 0 Å². The molecule has 2 aromatic rings. The number of nitrogens with zero attached hydrogens (tertiary/aromatic N) is 1. The summed E-state index contributed by atoms with van der Waals surface area (Å²) in [6.07, 6.45) is -0.530. The van der Waals surface area contributed by atoms with Gasteiger partial charge in [0, 0.05) is 23.6 Å². The number of allylic oxidation sites excluding steroid dienone is 1. The fraction of sp³-hybridized carbons (Fsp3) is 0.304. The molecule has 0 bridgehead atoms. The van der Waals surface area contributed by atoms with Crippen LogP contribution in [0, 0.1) is 17.5 Å². The van der Waals surface area contributed by atoms with Gasteiger partial charge in [-0.25, -0.2) is 18.0 Å². The Hall–Kier alpha value is -3.09.